The maximum atomic E-state index is 11.6. The van der Waals surface area contributed by atoms with Crippen LogP contribution in [0, 0.1) is 5.92 Å². The van der Waals surface area contributed by atoms with Gasteiger partial charge in [-0.25, -0.2) is 4.98 Å². The first-order valence-electron chi connectivity index (χ1n) is 8.15. The monoisotopic (exact) mass is 352 g/mol. The van der Waals surface area contributed by atoms with Crippen LogP contribution in [0.25, 0.3) is 22.2 Å². The number of anilines is 1. The first-order chi connectivity index (χ1) is 12.4. The van der Waals surface area contributed by atoms with Crippen LogP contribution >= 0.6 is 0 Å². The molecule has 0 aliphatic carbocycles. The van der Waals surface area contributed by atoms with E-state index in [1.165, 1.54) is 6.20 Å². The van der Waals surface area contributed by atoms with E-state index in [4.69, 9.17) is 11.5 Å². The zero-order valence-corrected chi connectivity index (χ0v) is 14.5. The first-order valence-corrected chi connectivity index (χ1v) is 8.15. The molecule has 0 spiro atoms. The second-order valence-electron chi connectivity index (χ2n) is 6.42. The third kappa shape index (κ3) is 3.34. The summed E-state index contributed by atoms with van der Waals surface area (Å²) in [5.41, 5.74) is 14.1. The maximum Gasteiger partial charge on any atom is 0.250 e. The average Bonchev–Trinajstić information content (AvgIpc) is 3.02. The van der Waals surface area contributed by atoms with E-state index in [1.54, 1.807) is 24.7 Å². The fourth-order valence-corrected chi connectivity index (χ4v) is 2.79. The Morgan fingerprint density at radius 2 is 1.92 bits per heavy atom. The predicted molar refractivity (Wildman–Crippen MR) is 99.3 cm³/mol. The van der Waals surface area contributed by atoms with Crippen molar-refractivity contribution in [3.63, 3.8) is 0 Å². The van der Waals surface area contributed by atoms with Crippen LogP contribution in [0.15, 0.2) is 36.9 Å². The second-order valence-corrected chi connectivity index (χ2v) is 6.42. The molecule has 1 atom stereocenters. The fraction of sp³-hybridized carbons (Fsp3) is 0.222. The van der Waals surface area contributed by atoms with Crippen LogP contribution < -0.4 is 16.8 Å². The Kier molecular flexibility index (Phi) is 4.57. The third-order valence-corrected chi connectivity index (χ3v) is 4.16. The number of aromatic amines is 1. The molecule has 0 saturated carbocycles. The SMILES string of the molecule is CC(C)C(Nc1cncc(-c2c[nH]c3ncc(C(N)=O)cc23)c1)C(N)=O. The molecule has 8 heteroatoms. The lowest BCUT2D eigenvalue weighted by Gasteiger charge is -2.20. The average molecular weight is 352 g/mol. The van der Waals surface area contributed by atoms with Crippen LogP contribution in [0.1, 0.15) is 24.2 Å². The summed E-state index contributed by atoms with van der Waals surface area (Å²) >= 11 is 0. The second kappa shape index (κ2) is 6.83. The Labute approximate surface area is 150 Å². The van der Waals surface area contributed by atoms with E-state index >= 15 is 0 Å². The number of primary amides is 2. The number of aromatic nitrogens is 3. The molecular weight excluding hydrogens is 332 g/mol. The quantitative estimate of drug-likeness (QED) is 0.534. The van der Waals surface area contributed by atoms with Crippen molar-refractivity contribution in [1.29, 1.82) is 0 Å². The standard InChI is InChI=1S/C18H20N6O2/c1-9(2)15(17(20)26)24-12-3-10(5-21-7-12)14-8-23-18-13(14)4-11(6-22-18)16(19)25/h3-9,15,24H,1-2H3,(H2,19,25)(H2,20,26)(H,22,23). The van der Waals surface area contributed by atoms with Crippen molar-refractivity contribution in [2.45, 2.75) is 19.9 Å². The largest absolute Gasteiger partial charge is 0.372 e. The lowest BCUT2D eigenvalue weighted by molar-refractivity contribution is -0.119. The molecule has 134 valence electrons. The number of nitrogens with one attached hydrogen (secondary N) is 2. The van der Waals surface area contributed by atoms with Gasteiger partial charge in [0.05, 0.1) is 11.3 Å². The van der Waals surface area contributed by atoms with Crippen LogP contribution in [-0.2, 0) is 4.79 Å². The van der Waals surface area contributed by atoms with Gasteiger partial charge < -0.3 is 21.8 Å². The molecule has 0 aliphatic heterocycles. The van der Waals surface area contributed by atoms with Gasteiger partial charge in [0.1, 0.15) is 11.7 Å². The highest BCUT2D eigenvalue weighted by molar-refractivity contribution is 6.00. The van der Waals surface area contributed by atoms with E-state index in [0.29, 0.717) is 16.9 Å². The van der Waals surface area contributed by atoms with Gasteiger partial charge >= 0.3 is 0 Å². The molecule has 0 bridgehead atoms. The van der Waals surface area contributed by atoms with Gasteiger partial charge in [0.2, 0.25) is 11.8 Å². The molecule has 0 aliphatic rings. The number of H-pyrrole nitrogens is 1. The van der Waals surface area contributed by atoms with Crippen LogP contribution in [0.2, 0.25) is 0 Å². The predicted octanol–water partition coefficient (Wildman–Crippen LogP) is 1.65. The molecule has 26 heavy (non-hydrogen) atoms. The van der Waals surface area contributed by atoms with Crippen LogP contribution in [-0.4, -0.2) is 32.8 Å². The molecule has 8 nitrogen and oxygen atoms in total. The molecule has 0 saturated heterocycles. The van der Waals surface area contributed by atoms with Crippen molar-refractivity contribution in [3.8, 4) is 11.1 Å². The highest BCUT2D eigenvalue weighted by atomic mass is 16.1. The zero-order chi connectivity index (χ0) is 18.8. The molecule has 3 rings (SSSR count). The van der Waals surface area contributed by atoms with Gasteiger partial charge in [0.25, 0.3) is 0 Å². The first kappa shape index (κ1) is 17.4. The summed E-state index contributed by atoms with van der Waals surface area (Å²) in [4.78, 5) is 34.6. The normalized spacial score (nSPS) is 12.3. The van der Waals surface area contributed by atoms with E-state index in [0.717, 1.165) is 16.5 Å². The number of hydrogen-bond acceptors (Lipinski definition) is 5. The van der Waals surface area contributed by atoms with E-state index in [2.05, 4.69) is 20.3 Å². The number of hydrogen-bond donors (Lipinski definition) is 4. The molecule has 0 radical (unpaired) electrons. The zero-order valence-electron chi connectivity index (χ0n) is 14.5. The van der Waals surface area contributed by atoms with Gasteiger partial charge in [-0.3, -0.25) is 14.6 Å². The van der Waals surface area contributed by atoms with Gasteiger partial charge in [-0.1, -0.05) is 13.8 Å². The summed E-state index contributed by atoms with van der Waals surface area (Å²) in [6.07, 6.45) is 6.54. The highest BCUT2D eigenvalue weighted by Crippen LogP contribution is 2.29. The molecule has 6 N–H and O–H groups in total. The number of fused-ring (bicyclic) bond motifs is 1. The number of rotatable bonds is 6. The Morgan fingerprint density at radius 1 is 1.15 bits per heavy atom. The molecule has 2 amide bonds. The maximum absolute atomic E-state index is 11.6. The molecule has 1 unspecified atom stereocenters. The fourth-order valence-electron chi connectivity index (χ4n) is 2.79. The number of nitrogens with two attached hydrogens (primary N) is 2. The number of nitrogens with zero attached hydrogens (tertiary/aromatic N) is 2. The Bertz CT molecular complexity index is 979. The number of carbonyl (C=O) groups excluding carboxylic acids is 2. The molecule has 3 aromatic heterocycles. The molecule has 3 aromatic rings. The van der Waals surface area contributed by atoms with Gasteiger partial charge in [0.15, 0.2) is 0 Å². The smallest absolute Gasteiger partial charge is 0.250 e. The minimum atomic E-state index is -0.540. The van der Waals surface area contributed by atoms with Gasteiger partial charge in [0, 0.05) is 41.3 Å². The van der Waals surface area contributed by atoms with Crippen molar-refractivity contribution in [3.05, 3.63) is 42.5 Å². The Hall–Kier alpha value is -3.42. The summed E-state index contributed by atoms with van der Waals surface area (Å²) in [5.74, 6) is -0.930. The van der Waals surface area contributed by atoms with Crippen molar-refractivity contribution < 1.29 is 9.59 Å². The summed E-state index contributed by atoms with van der Waals surface area (Å²) < 4.78 is 0. The van der Waals surface area contributed by atoms with E-state index in [-0.39, 0.29) is 5.92 Å². The van der Waals surface area contributed by atoms with Crippen molar-refractivity contribution in [2.24, 2.45) is 17.4 Å². The summed E-state index contributed by atoms with van der Waals surface area (Å²) in [7, 11) is 0. The van der Waals surface area contributed by atoms with Crippen molar-refractivity contribution in [2.75, 3.05) is 5.32 Å². The third-order valence-electron chi connectivity index (χ3n) is 4.16. The minimum absolute atomic E-state index is 0.0339. The van der Waals surface area contributed by atoms with E-state index < -0.39 is 17.9 Å². The summed E-state index contributed by atoms with van der Waals surface area (Å²) in [5, 5.41) is 3.88. The Morgan fingerprint density at radius 3 is 2.58 bits per heavy atom. The van der Waals surface area contributed by atoms with Gasteiger partial charge in [-0.2, -0.15) is 0 Å². The van der Waals surface area contributed by atoms with E-state index in [9.17, 15) is 9.59 Å². The number of pyridine rings is 2. The lowest BCUT2D eigenvalue weighted by atomic mass is 10.0. The molecule has 0 aromatic carbocycles. The summed E-state index contributed by atoms with van der Waals surface area (Å²) in [6.45, 7) is 3.83. The minimum Gasteiger partial charge on any atom is -0.372 e. The molecule has 0 fully saturated rings. The van der Waals surface area contributed by atoms with E-state index in [1.807, 2.05) is 19.9 Å². The topological polar surface area (TPSA) is 140 Å². The van der Waals surface area contributed by atoms with Crippen LogP contribution in [0.3, 0.4) is 0 Å². The number of amides is 2. The van der Waals surface area contributed by atoms with Crippen LogP contribution in [0.4, 0.5) is 5.69 Å². The van der Waals surface area contributed by atoms with Gasteiger partial charge in [-0.15, -0.1) is 0 Å². The summed E-state index contributed by atoms with van der Waals surface area (Å²) in [6, 6.07) is 3.06. The number of carbonyl (C=O) groups is 2. The molecule has 3 heterocycles. The molecular formula is C18H20N6O2. The van der Waals surface area contributed by atoms with Gasteiger partial charge in [-0.05, 0) is 18.1 Å². The van der Waals surface area contributed by atoms with Crippen molar-refractivity contribution >= 4 is 28.5 Å². The van der Waals surface area contributed by atoms with Crippen molar-refractivity contribution in [1.82, 2.24) is 15.0 Å². The lowest BCUT2D eigenvalue weighted by Crippen LogP contribution is -2.39. The highest BCUT2D eigenvalue weighted by Gasteiger charge is 2.19. The van der Waals surface area contributed by atoms with Crippen LogP contribution in [0.5, 0.6) is 0 Å². The Balaban J connectivity index is 2.00.